The number of anilines is 1. The van der Waals surface area contributed by atoms with Crippen LogP contribution in [-0.2, 0) is 0 Å². The maximum atomic E-state index is 6.03. The van der Waals surface area contributed by atoms with Crippen molar-refractivity contribution in [2.45, 2.75) is 26.0 Å². The van der Waals surface area contributed by atoms with E-state index in [0.717, 1.165) is 16.9 Å². The molecule has 0 radical (unpaired) electrons. The molecule has 5 N–H and O–H groups in total. The molecule has 0 aliphatic carbocycles. The second-order valence-corrected chi connectivity index (χ2v) is 4.97. The van der Waals surface area contributed by atoms with Crippen molar-refractivity contribution in [3.63, 3.8) is 0 Å². The number of benzene rings is 2. The second-order valence-electron chi connectivity index (χ2n) is 4.97. The van der Waals surface area contributed by atoms with Gasteiger partial charge < -0.3 is 10.5 Å². The number of nitrogen functional groups attached to an aromatic ring is 1. The number of ether oxygens (including phenoxy) is 1. The Balaban J connectivity index is 2.35. The van der Waals surface area contributed by atoms with Gasteiger partial charge in [-0.1, -0.05) is 30.3 Å². The van der Waals surface area contributed by atoms with Crippen molar-refractivity contribution >= 4 is 5.69 Å². The lowest BCUT2D eigenvalue weighted by Crippen LogP contribution is -2.29. The van der Waals surface area contributed by atoms with Crippen LogP contribution in [0.1, 0.15) is 31.0 Å². The summed E-state index contributed by atoms with van der Waals surface area (Å²) in [5.41, 5.74) is 11.5. The van der Waals surface area contributed by atoms with E-state index < -0.39 is 0 Å². The van der Waals surface area contributed by atoms with E-state index in [1.54, 1.807) is 0 Å². The van der Waals surface area contributed by atoms with Gasteiger partial charge in [-0.05, 0) is 43.2 Å². The molecule has 1 unspecified atom stereocenters. The van der Waals surface area contributed by atoms with Crippen LogP contribution in [0.3, 0.4) is 0 Å². The maximum Gasteiger partial charge on any atom is 0.120 e. The Morgan fingerprint density at radius 1 is 1.05 bits per heavy atom. The van der Waals surface area contributed by atoms with Gasteiger partial charge in [-0.15, -0.1) is 0 Å². The fourth-order valence-corrected chi connectivity index (χ4v) is 2.18. The molecule has 0 spiro atoms. The highest BCUT2D eigenvalue weighted by molar-refractivity contribution is 5.51. The van der Waals surface area contributed by atoms with Crippen molar-refractivity contribution in [3.05, 3.63) is 59.7 Å². The fraction of sp³-hybridized carbons (Fsp3) is 0.250. The monoisotopic (exact) mass is 271 g/mol. The van der Waals surface area contributed by atoms with Crippen LogP contribution in [0.5, 0.6) is 5.75 Å². The second kappa shape index (κ2) is 6.41. The number of hydrogen-bond donors (Lipinski definition) is 3. The van der Waals surface area contributed by atoms with Crippen molar-refractivity contribution in [2.75, 3.05) is 5.73 Å². The summed E-state index contributed by atoms with van der Waals surface area (Å²) >= 11 is 0. The van der Waals surface area contributed by atoms with E-state index in [-0.39, 0.29) is 12.1 Å². The van der Waals surface area contributed by atoms with Crippen LogP contribution < -0.4 is 21.7 Å². The van der Waals surface area contributed by atoms with Crippen molar-refractivity contribution in [1.82, 2.24) is 5.43 Å². The normalized spacial score (nSPS) is 12.4. The molecule has 4 heteroatoms. The van der Waals surface area contributed by atoms with Gasteiger partial charge in [0.25, 0.3) is 0 Å². The molecule has 0 aliphatic rings. The molecule has 0 amide bonds. The first-order valence-corrected chi connectivity index (χ1v) is 6.69. The van der Waals surface area contributed by atoms with E-state index in [1.807, 2.05) is 62.4 Å². The van der Waals surface area contributed by atoms with Gasteiger partial charge in [-0.25, -0.2) is 5.43 Å². The number of hydrazine groups is 1. The molecule has 2 aromatic rings. The van der Waals surface area contributed by atoms with Crippen LogP contribution in [-0.4, -0.2) is 6.10 Å². The lowest BCUT2D eigenvalue weighted by atomic mass is 9.97. The number of hydrogen-bond acceptors (Lipinski definition) is 4. The van der Waals surface area contributed by atoms with Crippen LogP contribution in [0.15, 0.2) is 48.5 Å². The van der Waals surface area contributed by atoms with E-state index in [2.05, 4.69) is 5.43 Å². The highest BCUT2D eigenvalue weighted by Crippen LogP contribution is 2.28. The topological polar surface area (TPSA) is 73.3 Å². The summed E-state index contributed by atoms with van der Waals surface area (Å²) in [5, 5.41) is 0. The first-order chi connectivity index (χ1) is 9.61. The van der Waals surface area contributed by atoms with Crippen LogP contribution in [0, 0.1) is 0 Å². The first-order valence-electron chi connectivity index (χ1n) is 6.69. The van der Waals surface area contributed by atoms with Gasteiger partial charge in [0.15, 0.2) is 0 Å². The Labute approximate surface area is 119 Å². The Morgan fingerprint density at radius 2 is 1.80 bits per heavy atom. The predicted molar refractivity (Wildman–Crippen MR) is 82.2 cm³/mol. The molecule has 2 rings (SSSR count). The first kappa shape index (κ1) is 14.4. The third kappa shape index (κ3) is 3.29. The molecular formula is C16H21N3O. The predicted octanol–water partition coefficient (Wildman–Crippen LogP) is 2.61. The Kier molecular flexibility index (Phi) is 4.61. The third-order valence-electron chi connectivity index (χ3n) is 3.04. The lowest BCUT2D eigenvalue weighted by Gasteiger charge is -2.20. The molecule has 0 saturated carbocycles. The summed E-state index contributed by atoms with van der Waals surface area (Å²) in [7, 11) is 0. The SMILES string of the molecule is CC(C)Oc1cccc(C(NN)c2ccccc2N)c1. The van der Waals surface area contributed by atoms with Gasteiger partial charge in [0.05, 0.1) is 12.1 Å². The minimum Gasteiger partial charge on any atom is -0.491 e. The highest BCUT2D eigenvalue weighted by Gasteiger charge is 2.15. The molecule has 0 bridgehead atoms. The minimum atomic E-state index is -0.160. The van der Waals surface area contributed by atoms with Crippen LogP contribution in [0.2, 0.25) is 0 Å². The fourth-order valence-electron chi connectivity index (χ4n) is 2.18. The third-order valence-corrected chi connectivity index (χ3v) is 3.04. The van der Waals surface area contributed by atoms with E-state index in [0.29, 0.717) is 5.69 Å². The Hall–Kier alpha value is -2.04. The summed E-state index contributed by atoms with van der Waals surface area (Å²) in [4.78, 5) is 0. The lowest BCUT2D eigenvalue weighted by molar-refractivity contribution is 0.242. The Morgan fingerprint density at radius 3 is 2.45 bits per heavy atom. The average Bonchev–Trinajstić information content (AvgIpc) is 2.41. The molecule has 106 valence electrons. The van der Waals surface area contributed by atoms with Gasteiger partial charge in [0.2, 0.25) is 0 Å². The summed E-state index contributed by atoms with van der Waals surface area (Å²) < 4.78 is 5.72. The van der Waals surface area contributed by atoms with Crippen molar-refractivity contribution in [2.24, 2.45) is 5.84 Å². The molecule has 20 heavy (non-hydrogen) atoms. The average molecular weight is 271 g/mol. The molecule has 0 aliphatic heterocycles. The molecular weight excluding hydrogens is 250 g/mol. The van der Waals surface area contributed by atoms with Crippen molar-refractivity contribution in [3.8, 4) is 5.75 Å². The van der Waals surface area contributed by atoms with E-state index >= 15 is 0 Å². The smallest absolute Gasteiger partial charge is 0.120 e. The molecule has 0 saturated heterocycles. The summed E-state index contributed by atoms with van der Waals surface area (Å²) in [6, 6.07) is 15.4. The van der Waals surface area contributed by atoms with Crippen LogP contribution >= 0.6 is 0 Å². The molecule has 1 atom stereocenters. The van der Waals surface area contributed by atoms with Crippen molar-refractivity contribution < 1.29 is 4.74 Å². The molecule has 0 fully saturated rings. The molecule has 2 aromatic carbocycles. The molecule has 0 heterocycles. The standard InChI is InChI=1S/C16H21N3O/c1-11(2)20-13-7-5-6-12(10-13)16(19-18)14-8-3-4-9-15(14)17/h3-11,16,19H,17-18H2,1-2H3. The van der Waals surface area contributed by atoms with Gasteiger partial charge >= 0.3 is 0 Å². The highest BCUT2D eigenvalue weighted by atomic mass is 16.5. The molecule has 0 aromatic heterocycles. The summed E-state index contributed by atoms with van der Waals surface area (Å²) in [5.74, 6) is 6.54. The van der Waals surface area contributed by atoms with Gasteiger partial charge in [0, 0.05) is 5.69 Å². The van der Waals surface area contributed by atoms with Gasteiger partial charge in [-0.3, -0.25) is 5.84 Å². The quantitative estimate of drug-likeness (QED) is 0.444. The van der Waals surface area contributed by atoms with Crippen molar-refractivity contribution in [1.29, 1.82) is 0 Å². The zero-order chi connectivity index (χ0) is 14.5. The zero-order valence-electron chi connectivity index (χ0n) is 11.8. The van der Waals surface area contributed by atoms with Crippen LogP contribution in [0.25, 0.3) is 0 Å². The number of rotatable bonds is 5. The van der Waals surface area contributed by atoms with Gasteiger partial charge in [0.1, 0.15) is 5.75 Å². The van der Waals surface area contributed by atoms with Crippen LogP contribution in [0.4, 0.5) is 5.69 Å². The molecule has 4 nitrogen and oxygen atoms in total. The minimum absolute atomic E-state index is 0.135. The summed E-state index contributed by atoms with van der Waals surface area (Å²) in [6.07, 6.45) is 0.135. The maximum absolute atomic E-state index is 6.03. The largest absolute Gasteiger partial charge is 0.491 e. The number of para-hydroxylation sites is 1. The number of nitrogens with two attached hydrogens (primary N) is 2. The van der Waals surface area contributed by atoms with E-state index in [1.165, 1.54) is 0 Å². The van der Waals surface area contributed by atoms with E-state index in [4.69, 9.17) is 16.3 Å². The van der Waals surface area contributed by atoms with E-state index in [9.17, 15) is 0 Å². The van der Waals surface area contributed by atoms with Gasteiger partial charge in [-0.2, -0.15) is 0 Å². The number of nitrogens with one attached hydrogen (secondary N) is 1. The Bertz CT molecular complexity index is 569. The zero-order valence-corrected chi connectivity index (χ0v) is 11.8. The summed E-state index contributed by atoms with van der Waals surface area (Å²) in [6.45, 7) is 4.00.